The highest BCUT2D eigenvalue weighted by Crippen LogP contribution is 2.31. The van der Waals surface area contributed by atoms with Gasteiger partial charge in [0, 0.05) is 35.4 Å². The van der Waals surface area contributed by atoms with Crippen LogP contribution < -0.4 is 5.32 Å². The average molecular weight is 559 g/mol. The number of ketones is 1. The second kappa shape index (κ2) is 9.88. The zero-order valence-corrected chi connectivity index (χ0v) is 18.7. The van der Waals surface area contributed by atoms with Gasteiger partial charge >= 0.3 is 18.5 Å². The molecule has 0 aliphatic rings. The fourth-order valence-electron chi connectivity index (χ4n) is 3.04. The van der Waals surface area contributed by atoms with Gasteiger partial charge in [-0.25, -0.2) is 9.97 Å². The summed E-state index contributed by atoms with van der Waals surface area (Å²) in [7, 11) is 0. The van der Waals surface area contributed by atoms with E-state index in [1.165, 1.54) is 0 Å². The first-order valence-electron chi connectivity index (χ1n) is 10.3. The molecule has 8 nitrogen and oxygen atoms in total. The number of carbonyl (C=O) groups excluding carboxylic acids is 1. The molecule has 0 atom stereocenters. The number of hydrogen-bond donors (Lipinski definition) is 1. The van der Waals surface area contributed by atoms with E-state index in [1.54, 1.807) is 0 Å². The zero-order valence-electron chi connectivity index (χ0n) is 18.7. The third-order valence-electron chi connectivity index (χ3n) is 4.73. The van der Waals surface area contributed by atoms with Gasteiger partial charge in [-0.3, -0.25) is 14.8 Å². The summed E-state index contributed by atoms with van der Waals surface area (Å²) in [6.45, 7) is 0. The lowest BCUT2D eigenvalue weighted by molar-refractivity contribution is -0.141. The highest BCUT2D eigenvalue weighted by atomic mass is 19.4. The Balaban J connectivity index is 1.85. The van der Waals surface area contributed by atoms with Gasteiger partial charge in [-0.15, -0.1) is 0 Å². The molecule has 0 saturated carbocycles. The molecule has 0 unspecified atom stereocenters. The Morgan fingerprint density at radius 1 is 0.744 bits per heavy atom. The largest absolute Gasteiger partial charge is 0.454 e. The molecule has 0 fully saturated rings. The molecule has 0 aliphatic carbocycles. The molecule has 4 aromatic rings. The molecular formula is C22H10F9N7O. The van der Waals surface area contributed by atoms with Gasteiger partial charge in [-0.05, 0) is 30.3 Å². The van der Waals surface area contributed by atoms with Crippen molar-refractivity contribution in [1.29, 1.82) is 0 Å². The Labute approximate surface area is 211 Å². The summed E-state index contributed by atoms with van der Waals surface area (Å²) in [6, 6.07) is 5.18. The van der Waals surface area contributed by atoms with Crippen molar-refractivity contribution in [3.8, 4) is 22.9 Å². The van der Waals surface area contributed by atoms with E-state index in [9.17, 15) is 44.3 Å². The number of alkyl halides is 9. The standard InChI is InChI=1S/C22H10F9N7O/c23-20(24,25)14-3-1-2-13(35-14)18-36-17(11-6-10(8-32-9-11)16(39)22(29,30)31)37-19(38-18)34-12-4-5-33-15(7-12)21(26,27)28/h1-9H,(H,33,34,36,37,38). The van der Waals surface area contributed by atoms with Gasteiger partial charge in [0.15, 0.2) is 11.6 Å². The Morgan fingerprint density at radius 2 is 1.44 bits per heavy atom. The van der Waals surface area contributed by atoms with Gasteiger partial charge in [0.25, 0.3) is 5.78 Å². The predicted molar refractivity (Wildman–Crippen MR) is 114 cm³/mol. The molecule has 0 bridgehead atoms. The molecule has 0 amide bonds. The lowest BCUT2D eigenvalue weighted by Gasteiger charge is -2.12. The van der Waals surface area contributed by atoms with E-state index in [4.69, 9.17) is 0 Å². The Kier molecular flexibility index (Phi) is 6.93. The van der Waals surface area contributed by atoms with Gasteiger partial charge in [0.1, 0.15) is 17.1 Å². The number of rotatable bonds is 5. The predicted octanol–water partition coefficient (Wildman–Crippen LogP) is 5.92. The van der Waals surface area contributed by atoms with Crippen LogP contribution in [0.5, 0.6) is 0 Å². The summed E-state index contributed by atoms with van der Waals surface area (Å²) in [5.41, 5.74) is -4.47. The maximum absolute atomic E-state index is 13.2. The topological polar surface area (TPSA) is 106 Å². The first-order valence-corrected chi connectivity index (χ1v) is 10.3. The lowest BCUT2D eigenvalue weighted by Crippen LogP contribution is -2.22. The van der Waals surface area contributed by atoms with Crippen molar-refractivity contribution < 1.29 is 44.3 Å². The molecule has 4 aromatic heterocycles. The summed E-state index contributed by atoms with van der Waals surface area (Å²) in [6.07, 6.45) is -12.5. The number of anilines is 2. The minimum Gasteiger partial charge on any atom is -0.324 e. The number of nitrogens with zero attached hydrogens (tertiary/aromatic N) is 6. The van der Waals surface area contributed by atoms with Crippen LogP contribution in [-0.2, 0) is 12.4 Å². The van der Waals surface area contributed by atoms with E-state index >= 15 is 0 Å². The second-order valence-corrected chi connectivity index (χ2v) is 7.55. The van der Waals surface area contributed by atoms with Crippen LogP contribution in [0.25, 0.3) is 22.9 Å². The fourth-order valence-corrected chi connectivity index (χ4v) is 3.04. The van der Waals surface area contributed by atoms with Crippen LogP contribution in [0.3, 0.4) is 0 Å². The van der Waals surface area contributed by atoms with Crippen molar-refractivity contribution in [2.75, 3.05) is 5.32 Å². The first kappa shape index (κ1) is 27.3. The maximum Gasteiger partial charge on any atom is 0.454 e. The zero-order chi connectivity index (χ0) is 28.6. The van der Waals surface area contributed by atoms with Crippen molar-refractivity contribution in [3.63, 3.8) is 0 Å². The highest BCUT2D eigenvalue weighted by molar-refractivity contribution is 6.00. The molecule has 0 aliphatic heterocycles. The Bertz CT molecular complexity index is 1540. The maximum atomic E-state index is 13.2. The highest BCUT2D eigenvalue weighted by Gasteiger charge is 2.39. The van der Waals surface area contributed by atoms with Crippen LogP contribution in [0.15, 0.2) is 55.0 Å². The second-order valence-electron chi connectivity index (χ2n) is 7.55. The van der Waals surface area contributed by atoms with E-state index in [-0.39, 0.29) is 11.3 Å². The van der Waals surface area contributed by atoms with E-state index in [2.05, 4.69) is 35.2 Å². The van der Waals surface area contributed by atoms with Crippen LogP contribution >= 0.6 is 0 Å². The smallest absolute Gasteiger partial charge is 0.324 e. The van der Waals surface area contributed by atoms with Gasteiger partial charge in [-0.2, -0.15) is 49.5 Å². The van der Waals surface area contributed by atoms with Gasteiger partial charge in [-0.1, -0.05) is 6.07 Å². The van der Waals surface area contributed by atoms with Gasteiger partial charge in [0.2, 0.25) is 5.95 Å². The number of nitrogens with one attached hydrogen (secondary N) is 1. The van der Waals surface area contributed by atoms with Gasteiger partial charge < -0.3 is 5.32 Å². The molecule has 0 radical (unpaired) electrons. The summed E-state index contributed by atoms with van der Waals surface area (Å²) in [5, 5.41) is 2.42. The normalized spacial score (nSPS) is 12.3. The third kappa shape index (κ3) is 6.42. The number of Topliss-reactive ketones (excluding diaryl/α,β-unsaturated/α-hetero) is 1. The minimum atomic E-state index is -5.24. The van der Waals surface area contributed by atoms with Crippen LogP contribution in [-0.4, -0.2) is 41.9 Å². The third-order valence-corrected chi connectivity index (χ3v) is 4.73. The van der Waals surface area contributed by atoms with Crippen molar-refractivity contribution in [3.05, 3.63) is 71.9 Å². The molecule has 1 N–H and O–H groups in total. The van der Waals surface area contributed by atoms with Crippen LogP contribution in [0.1, 0.15) is 21.7 Å². The molecular weight excluding hydrogens is 549 g/mol. The van der Waals surface area contributed by atoms with Crippen LogP contribution in [0, 0.1) is 0 Å². The van der Waals surface area contributed by atoms with E-state index in [0.717, 1.165) is 36.7 Å². The van der Waals surface area contributed by atoms with Crippen LogP contribution in [0.4, 0.5) is 51.1 Å². The quantitative estimate of drug-likeness (QED) is 0.238. The number of aromatic nitrogens is 6. The molecule has 0 saturated heterocycles. The molecule has 0 spiro atoms. The SMILES string of the molecule is O=C(c1cncc(-c2nc(Nc3ccnc(C(F)(F)F)c3)nc(-c3cccc(C(F)(F)F)n3)n2)c1)C(F)(F)F. The molecule has 4 rings (SSSR count). The molecule has 17 heteroatoms. The number of hydrogen-bond acceptors (Lipinski definition) is 8. The van der Waals surface area contributed by atoms with Crippen LogP contribution in [0.2, 0.25) is 0 Å². The number of halogens is 9. The van der Waals surface area contributed by atoms with Crippen molar-refractivity contribution in [1.82, 2.24) is 29.9 Å². The Morgan fingerprint density at radius 3 is 2.10 bits per heavy atom. The summed E-state index contributed by atoms with van der Waals surface area (Å²) in [4.78, 5) is 33.6. The first-order chi connectivity index (χ1) is 18.1. The fraction of sp³-hybridized carbons (Fsp3) is 0.136. The van der Waals surface area contributed by atoms with Crippen molar-refractivity contribution in [2.24, 2.45) is 0 Å². The number of pyridine rings is 3. The molecule has 202 valence electrons. The number of carbonyl (C=O) groups is 1. The molecule has 0 aromatic carbocycles. The van der Waals surface area contributed by atoms with Crippen molar-refractivity contribution in [2.45, 2.75) is 18.5 Å². The van der Waals surface area contributed by atoms with E-state index in [0.29, 0.717) is 18.3 Å². The monoisotopic (exact) mass is 559 g/mol. The van der Waals surface area contributed by atoms with E-state index in [1.807, 2.05) is 0 Å². The van der Waals surface area contributed by atoms with E-state index < -0.39 is 64.6 Å². The molecule has 4 heterocycles. The summed E-state index contributed by atoms with van der Waals surface area (Å²) in [5.74, 6) is -3.75. The minimum absolute atomic E-state index is 0.239. The summed E-state index contributed by atoms with van der Waals surface area (Å²) >= 11 is 0. The Hall–Kier alpha value is -4.70. The summed E-state index contributed by atoms with van der Waals surface area (Å²) < 4.78 is 117. The van der Waals surface area contributed by atoms with Crippen molar-refractivity contribution >= 4 is 17.4 Å². The lowest BCUT2D eigenvalue weighted by atomic mass is 10.1. The average Bonchev–Trinajstić information content (AvgIpc) is 2.87. The molecule has 39 heavy (non-hydrogen) atoms. The van der Waals surface area contributed by atoms with Gasteiger partial charge in [0.05, 0.1) is 0 Å².